The SMILES string of the molecule is Cc1ccc(-c2nc(N)c3cc(Cc4ccccc4C)sc3n2)o1. The van der Waals surface area contributed by atoms with Gasteiger partial charge in [-0.05, 0) is 43.2 Å². The van der Waals surface area contributed by atoms with Gasteiger partial charge in [-0.25, -0.2) is 9.97 Å². The minimum absolute atomic E-state index is 0.497. The summed E-state index contributed by atoms with van der Waals surface area (Å²) in [6.07, 6.45) is 0.877. The lowest BCUT2D eigenvalue weighted by Crippen LogP contribution is -1.95. The van der Waals surface area contributed by atoms with Gasteiger partial charge in [0.05, 0.1) is 5.39 Å². The average Bonchev–Trinajstić information content (AvgIpc) is 3.16. The van der Waals surface area contributed by atoms with E-state index >= 15 is 0 Å². The molecule has 4 aromatic rings. The molecule has 0 saturated heterocycles. The van der Waals surface area contributed by atoms with Crippen LogP contribution in [-0.2, 0) is 6.42 Å². The highest BCUT2D eigenvalue weighted by atomic mass is 32.1. The summed E-state index contributed by atoms with van der Waals surface area (Å²) in [4.78, 5) is 11.2. The number of rotatable bonds is 3. The Kier molecular flexibility index (Phi) is 3.58. The van der Waals surface area contributed by atoms with E-state index in [1.807, 2.05) is 19.1 Å². The summed E-state index contributed by atoms with van der Waals surface area (Å²) in [5.41, 5.74) is 8.76. The predicted molar refractivity (Wildman–Crippen MR) is 98.3 cm³/mol. The number of nitrogens with zero attached hydrogens (tertiary/aromatic N) is 2. The van der Waals surface area contributed by atoms with Gasteiger partial charge in [-0.15, -0.1) is 11.3 Å². The van der Waals surface area contributed by atoms with E-state index in [1.54, 1.807) is 11.3 Å². The number of fused-ring (bicyclic) bond motifs is 1. The normalized spacial score (nSPS) is 11.2. The first-order chi connectivity index (χ1) is 11.6. The summed E-state index contributed by atoms with van der Waals surface area (Å²) in [6, 6.07) is 14.3. The Morgan fingerprint density at radius 2 is 1.92 bits per heavy atom. The Bertz CT molecular complexity index is 1030. The fourth-order valence-corrected chi connectivity index (χ4v) is 3.80. The molecular formula is C19H17N3OS. The van der Waals surface area contributed by atoms with Crippen LogP contribution < -0.4 is 5.73 Å². The molecule has 0 aliphatic rings. The van der Waals surface area contributed by atoms with Crippen LogP contribution in [0.1, 0.15) is 21.8 Å². The number of nitrogen functional groups attached to an aromatic ring is 1. The summed E-state index contributed by atoms with van der Waals surface area (Å²) < 4.78 is 5.62. The predicted octanol–water partition coefficient (Wildman–Crippen LogP) is 4.74. The Balaban J connectivity index is 1.75. The number of nitrogens with two attached hydrogens (primary N) is 1. The third-order valence-electron chi connectivity index (χ3n) is 4.06. The van der Waals surface area contributed by atoms with E-state index in [2.05, 4.69) is 47.2 Å². The zero-order valence-corrected chi connectivity index (χ0v) is 14.4. The zero-order valence-electron chi connectivity index (χ0n) is 13.5. The van der Waals surface area contributed by atoms with Crippen LogP contribution in [-0.4, -0.2) is 9.97 Å². The van der Waals surface area contributed by atoms with Crippen LogP contribution in [0.15, 0.2) is 46.9 Å². The Morgan fingerprint density at radius 3 is 2.67 bits per heavy atom. The molecule has 5 heteroatoms. The summed E-state index contributed by atoms with van der Waals surface area (Å²) in [6.45, 7) is 4.03. The van der Waals surface area contributed by atoms with Crippen LogP contribution in [0.3, 0.4) is 0 Å². The lowest BCUT2D eigenvalue weighted by atomic mass is 10.1. The standard InChI is InChI=1S/C19H17N3OS/c1-11-5-3-4-6-13(11)9-14-10-15-17(20)21-18(22-19(15)24-14)16-8-7-12(2)23-16/h3-8,10H,9H2,1-2H3,(H2,20,21,22). The fraction of sp³-hybridized carbons (Fsp3) is 0.158. The fourth-order valence-electron chi connectivity index (χ4n) is 2.74. The largest absolute Gasteiger partial charge is 0.458 e. The van der Waals surface area contributed by atoms with Crippen LogP contribution >= 0.6 is 11.3 Å². The van der Waals surface area contributed by atoms with Gasteiger partial charge in [-0.1, -0.05) is 24.3 Å². The average molecular weight is 335 g/mol. The lowest BCUT2D eigenvalue weighted by molar-refractivity contribution is 0.544. The molecule has 0 aliphatic heterocycles. The molecule has 0 amide bonds. The van der Waals surface area contributed by atoms with Crippen LogP contribution in [0.5, 0.6) is 0 Å². The van der Waals surface area contributed by atoms with E-state index in [1.165, 1.54) is 16.0 Å². The van der Waals surface area contributed by atoms with Gasteiger partial charge in [0.15, 0.2) is 11.6 Å². The molecular weight excluding hydrogens is 318 g/mol. The highest BCUT2D eigenvalue weighted by molar-refractivity contribution is 7.18. The van der Waals surface area contributed by atoms with Gasteiger partial charge in [-0.3, -0.25) is 0 Å². The number of hydrogen-bond acceptors (Lipinski definition) is 5. The molecule has 120 valence electrons. The molecule has 0 atom stereocenters. The number of anilines is 1. The molecule has 0 bridgehead atoms. The van der Waals surface area contributed by atoms with Crippen LogP contribution in [0.2, 0.25) is 0 Å². The molecule has 1 aromatic carbocycles. The molecule has 0 unspecified atom stereocenters. The molecule has 24 heavy (non-hydrogen) atoms. The van der Waals surface area contributed by atoms with Crippen LogP contribution in [0.4, 0.5) is 5.82 Å². The van der Waals surface area contributed by atoms with Gasteiger partial charge in [0, 0.05) is 11.3 Å². The Labute approximate surface area is 144 Å². The smallest absolute Gasteiger partial charge is 0.199 e. The highest BCUT2D eigenvalue weighted by Crippen LogP contribution is 2.32. The second-order valence-corrected chi connectivity index (χ2v) is 6.99. The second-order valence-electron chi connectivity index (χ2n) is 5.88. The third-order valence-corrected chi connectivity index (χ3v) is 5.09. The lowest BCUT2D eigenvalue weighted by Gasteiger charge is -2.02. The van der Waals surface area contributed by atoms with Gasteiger partial charge < -0.3 is 10.2 Å². The molecule has 0 saturated carbocycles. The first kappa shape index (κ1) is 14.9. The van der Waals surface area contributed by atoms with Crippen molar-refractivity contribution in [3.8, 4) is 11.6 Å². The minimum Gasteiger partial charge on any atom is -0.458 e. The molecule has 2 N–H and O–H groups in total. The zero-order chi connectivity index (χ0) is 16.7. The van der Waals surface area contributed by atoms with Crippen LogP contribution in [0, 0.1) is 13.8 Å². The van der Waals surface area contributed by atoms with E-state index in [4.69, 9.17) is 10.2 Å². The summed E-state index contributed by atoms with van der Waals surface area (Å²) in [7, 11) is 0. The van der Waals surface area contributed by atoms with Crippen LogP contribution in [0.25, 0.3) is 21.8 Å². The van der Waals surface area contributed by atoms with Crippen molar-refractivity contribution in [1.82, 2.24) is 9.97 Å². The first-order valence-electron chi connectivity index (χ1n) is 7.77. The molecule has 0 radical (unpaired) electrons. The van der Waals surface area contributed by atoms with Gasteiger partial charge in [0.25, 0.3) is 0 Å². The number of aromatic nitrogens is 2. The van der Waals surface area contributed by atoms with Crippen molar-refractivity contribution in [1.29, 1.82) is 0 Å². The minimum atomic E-state index is 0.497. The van der Waals surface area contributed by atoms with Gasteiger partial charge in [0.1, 0.15) is 16.4 Å². The maximum absolute atomic E-state index is 6.15. The van der Waals surface area contributed by atoms with Gasteiger partial charge in [0.2, 0.25) is 0 Å². The van der Waals surface area contributed by atoms with Crippen molar-refractivity contribution in [2.45, 2.75) is 20.3 Å². The summed E-state index contributed by atoms with van der Waals surface area (Å²) >= 11 is 1.66. The Morgan fingerprint density at radius 1 is 1.08 bits per heavy atom. The molecule has 4 rings (SSSR count). The number of benzene rings is 1. The molecule has 3 aromatic heterocycles. The van der Waals surface area contributed by atoms with Crippen molar-refractivity contribution < 1.29 is 4.42 Å². The number of thiophene rings is 1. The highest BCUT2D eigenvalue weighted by Gasteiger charge is 2.13. The molecule has 0 fully saturated rings. The van der Waals surface area contributed by atoms with E-state index in [9.17, 15) is 0 Å². The van der Waals surface area contributed by atoms with E-state index < -0.39 is 0 Å². The maximum atomic E-state index is 6.15. The van der Waals surface area contributed by atoms with Gasteiger partial charge >= 0.3 is 0 Å². The monoisotopic (exact) mass is 335 g/mol. The maximum Gasteiger partial charge on any atom is 0.199 e. The van der Waals surface area contributed by atoms with Crippen molar-refractivity contribution in [2.75, 3.05) is 5.73 Å². The van der Waals surface area contributed by atoms with Crippen molar-refractivity contribution in [3.05, 3.63) is 64.2 Å². The number of aryl methyl sites for hydroxylation is 2. The van der Waals surface area contributed by atoms with E-state index in [0.717, 1.165) is 22.4 Å². The number of hydrogen-bond donors (Lipinski definition) is 1. The third kappa shape index (κ3) is 2.67. The summed E-state index contributed by atoms with van der Waals surface area (Å²) in [5, 5.41) is 0.913. The molecule has 4 nitrogen and oxygen atoms in total. The van der Waals surface area contributed by atoms with E-state index in [-0.39, 0.29) is 0 Å². The molecule has 0 aliphatic carbocycles. The van der Waals surface area contributed by atoms with Gasteiger partial charge in [-0.2, -0.15) is 0 Å². The van der Waals surface area contributed by atoms with Crippen molar-refractivity contribution >= 4 is 27.4 Å². The summed E-state index contributed by atoms with van der Waals surface area (Å²) in [5.74, 6) is 2.52. The quantitative estimate of drug-likeness (QED) is 0.587. The number of furan rings is 1. The molecule has 0 spiro atoms. The van der Waals surface area contributed by atoms with Crippen molar-refractivity contribution in [2.24, 2.45) is 0 Å². The second kappa shape index (κ2) is 5.76. The topological polar surface area (TPSA) is 64.9 Å². The van der Waals surface area contributed by atoms with E-state index in [0.29, 0.717) is 17.4 Å². The van der Waals surface area contributed by atoms with Crippen molar-refractivity contribution in [3.63, 3.8) is 0 Å². The first-order valence-corrected chi connectivity index (χ1v) is 8.59. The molecule has 3 heterocycles. The Hall–Kier alpha value is -2.66.